The Labute approximate surface area is 257 Å². The van der Waals surface area contributed by atoms with Gasteiger partial charge < -0.3 is 24.4 Å². The molecule has 226 valence electrons. The molecule has 1 saturated heterocycles. The fourth-order valence-corrected chi connectivity index (χ4v) is 6.01. The number of anilines is 1. The summed E-state index contributed by atoms with van der Waals surface area (Å²) in [5, 5.41) is 11.4. The highest BCUT2D eigenvalue weighted by Crippen LogP contribution is 2.34. The molecule has 0 unspecified atom stereocenters. The predicted octanol–water partition coefficient (Wildman–Crippen LogP) is 7.39. The molecule has 1 N–H and O–H groups in total. The lowest BCUT2D eigenvalue weighted by molar-refractivity contribution is -0.119. The summed E-state index contributed by atoms with van der Waals surface area (Å²) >= 11 is 0. The van der Waals surface area contributed by atoms with Gasteiger partial charge in [0.1, 0.15) is 17.4 Å². The Morgan fingerprint density at radius 2 is 1.64 bits per heavy atom. The number of nitrogens with one attached hydrogen (secondary N) is 1. The molecular formula is C36H38N4O4. The molecule has 1 fully saturated rings. The molecule has 4 aromatic carbocycles. The van der Waals surface area contributed by atoms with E-state index in [9.17, 15) is 9.59 Å². The van der Waals surface area contributed by atoms with Crippen LogP contribution in [-0.4, -0.2) is 51.8 Å². The Kier molecular flexibility index (Phi) is 7.76. The van der Waals surface area contributed by atoms with Gasteiger partial charge in [-0.25, -0.2) is 0 Å². The van der Waals surface area contributed by atoms with Crippen molar-refractivity contribution in [3.8, 4) is 5.75 Å². The van der Waals surface area contributed by atoms with Gasteiger partial charge in [-0.05, 0) is 75.7 Å². The molecular weight excluding hydrogens is 552 g/mol. The highest BCUT2D eigenvalue weighted by atomic mass is 16.6. The third kappa shape index (κ3) is 5.48. The normalized spacial score (nSPS) is 16.2. The number of carbonyl (C=O) groups excluding carboxylic acids is 2. The summed E-state index contributed by atoms with van der Waals surface area (Å²) in [6.45, 7) is 11.2. The van der Waals surface area contributed by atoms with Gasteiger partial charge in [0.05, 0.1) is 24.4 Å². The smallest absolute Gasteiger partial charge is 0.259 e. The molecule has 0 spiro atoms. The number of benzene rings is 4. The minimum absolute atomic E-state index is 0.171. The molecule has 1 aliphatic heterocycles. The molecule has 44 heavy (non-hydrogen) atoms. The van der Waals surface area contributed by atoms with Crippen molar-refractivity contribution in [1.82, 2.24) is 9.47 Å². The molecule has 1 atom stereocenters. The molecule has 0 radical (unpaired) electrons. The first-order valence-corrected chi connectivity index (χ1v) is 15.2. The number of aromatic nitrogens is 1. The first-order chi connectivity index (χ1) is 21.2. The minimum atomic E-state index is -0.786. The second-order valence-electron chi connectivity index (χ2n) is 12.1. The number of hydrogen-bond donors (Lipinski definition) is 1. The highest BCUT2D eigenvalue weighted by Gasteiger charge is 2.40. The number of nitrogens with zero attached hydrogens (tertiary/aromatic N) is 3. The molecule has 8 heteroatoms. The van der Waals surface area contributed by atoms with E-state index in [0.29, 0.717) is 29.3 Å². The second kappa shape index (κ2) is 11.7. The molecule has 2 heterocycles. The van der Waals surface area contributed by atoms with Gasteiger partial charge in [0.2, 0.25) is 5.91 Å². The van der Waals surface area contributed by atoms with E-state index >= 15 is 0 Å². The van der Waals surface area contributed by atoms with E-state index < -0.39 is 11.6 Å². The average Bonchev–Trinajstić information content (AvgIpc) is 3.59. The lowest BCUT2D eigenvalue weighted by Crippen LogP contribution is -2.43. The maximum atomic E-state index is 14.4. The Balaban J connectivity index is 1.37. The van der Waals surface area contributed by atoms with Crippen LogP contribution in [0.5, 0.6) is 5.75 Å². The quantitative estimate of drug-likeness (QED) is 0.200. The van der Waals surface area contributed by atoms with Crippen LogP contribution in [0.25, 0.3) is 32.6 Å². The molecule has 0 bridgehead atoms. The molecule has 0 saturated carbocycles. The van der Waals surface area contributed by atoms with Crippen molar-refractivity contribution in [2.24, 2.45) is 5.16 Å². The van der Waals surface area contributed by atoms with Crippen LogP contribution in [0.2, 0.25) is 0 Å². The second-order valence-corrected chi connectivity index (χ2v) is 12.1. The topological polar surface area (TPSA) is 85.2 Å². The van der Waals surface area contributed by atoms with Gasteiger partial charge in [-0.15, -0.1) is 0 Å². The van der Waals surface area contributed by atoms with Gasteiger partial charge in [0.25, 0.3) is 5.91 Å². The monoisotopic (exact) mass is 590 g/mol. The molecule has 6 rings (SSSR count). The maximum absolute atomic E-state index is 14.4. The average molecular weight is 591 g/mol. The number of carbonyl (C=O) groups is 2. The predicted molar refractivity (Wildman–Crippen MR) is 177 cm³/mol. The van der Waals surface area contributed by atoms with Gasteiger partial charge in [-0.1, -0.05) is 53.7 Å². The number of likely N-dealkylation sites (tertiary alicyclic amines) is 1. The summed E-state index contributed by atoms with van der Waals surface area (Å²) in [6.07, 6.45) is 0.264. The molecule has 5 aromatic rings. The van der Waals surface area contributed by atoms with Crippen molar-refractivity contribution in [1.29, 1.82) is 0 Å². The van der Waals surface area contributed by atoms with Crippen LogP contribution < -0.4 is 10.1 Å². The van der Waals surface area contributed by atoms with E-state index in [4.69, 9.17) is 9.57 Å². The number of oxime groups is 1. The summed E-state index contributed by atoms with van der Waals surface area (Å²) in [5.74, 6) is -0.0756. The molecule has 2 amide bonds. The summed E-state index contributed by atoms with van der Waals surface area (Å²) in [5.41, 5.74) is 3.50. The number of fused-ring (bicyclic) bond motifs is 4. The van der Waals surface area contributed by atoms with E-state index in [0.717, 1.165) is 39.1 Å². The van der Waals surface area contributed by atoms with Crippen LogP contribution in [0.3, 0.4) is 0 Å². The first-order valence-electron chi connectivity index (χ1n) is 15.2. The van der Waals surface area contributed by atoms with Crippen LogP contribution in [0.1, 0.15) is 51.4 Å². The SMILES string of the molecule is CCOc1ccc2ccccc2c1C(=O)N1CC(=NOC(C)(C)C)C[C@H]1C(=O)Nc1ccc2c(c1)c1ccccc1n2CC. The van der Waals surface area contributed by atoms with E-state index in [-0.39, 0.29) is 24.8 Å². The minimum Gasteiger partial charge on any atom is -0.493 e. The lowest BCUT2D eigenvalue weighted by atomic mass is 10.0. The molecule has 8 nitrogen and oxygen atoms in total. The van der Waals surface area contributed by atoms with Crippen molar-refractivity contribution >= 4 is 55.8 Å². The molecule has 1 aliphatic rings. The van der Waals surface area contributed by atoms with Crippen LogP contribution in [-0.2, 0) is 16.2 Å². The summed E-state index contributed by atoms with van der Waals surface area (Å²) in [6, 6.07) is 25.0. The Morgan fingerprint density at radius 3 is 2.39 bits per heavy atom. The van der Waals surface area contributed by atoms with E-state index in [2.05, 4.69) is 34.1 Å². The van der Waals surface area contributed by atoms with Gasteiger partial charge in [-0.3, -0.25) is 9.59 Å². The number of rotatable bonds is 7. The number of hydrogen-bond acceptors (Lipinski definition) is 5. The summed E-state index contributed by atoms with van der Waals surface area (Å²) in [4.78, 5) is 35.7. The van der Waals surface area contributed by atoms with Crippen molar-refractivity contribution in [2.75, 3.05) is 18.5 Å². The van der Waals surface area contributed by atoms with E-state index in [1.54, 1.807) is 4.90 Å². The fraction of sp³-hybridized carbons (Fsp3) is 0.306. The molecule has 1 aromatic heterocycles. The zero-order chi connectivity index (χ0) is 31.0. The third-order valence-corrected chi connectivity index (χ3v) is 7.93. The first kappa shape index (κ1) is 29.2. The van der Waals surface area contributed by atoms with Crippen LogP contribution in [0.4, 0.5) is 5.69 Å². The van der Waals surface area contributed by atoms with Gasteiger partial charge >= 0.3 is 0 Å². The lowest BCUT2D eigenvalue weighted by Gasteiger charge is -2.25. The van der Waals surface area contributed by atoms with Crippen LogP contribution in [0, 0.1) is 0 Å². The number of aryl methyl sites for hydroxylation is 1. The van der Waals surface area contributed by atoms with E-state index in [1.165, 1.54) is 0 Å². The van der Waals surface area contributed by atoms with Crippen LogP contribution >= 0.6 is 0 Å². The van der Waals surface area contributed by atoms with Crippen LogP contribution in [0.15, 0.2) is 84.0 Å². The summed E-state index contributed by atoms with van der Waals surface area (Å²) < 4.78 is 8.19. The number of ether oxygens (including phenoxy) is 1. The largest absolute Gasteiger partial charge is 0.493 e. The third-order valence-electron chi connectivity index (χ3n) is 7.93. The molecule has 0 aliphatic carbocycles. The van der Waals surface area contributed by atoms with E-state index in [1.807, 2.05) is 94.4 Å². The van der Waals surface area contributed by atoms with Crippen molar-refractivity contribution in [2.45, 2.75) is 59.2 Å². The zero-order valence-electron chi connectivity index (χ0n) is 25.9. The fourth-order valence-electron chi connectivity index (χ4n) is 6.01. The van der Waals surface area contributed by atoms with Gasteiger partial charge in [0, 0.05) is 40.5 Å². The maximum Gasteiger partial charge on any atom is 0.259 e. The van der Waals surface area contributed by atoms with Crippen molar-refractivity contribution in [3.05, 3.63) is 84.4 Å². The van der Waals surface area contributed by atoms with Crippen molar-refractivity contribution < 1.29 is 19.2 Å². The van der Waals surface area contributed by atoms with Gasteiger partial charge in [-0.2, -0.15) is 0 Å². The Bertz CT molecular complexity index is 1920. The zero-order valence-corrected chi connectivity index (χ0v) is 25.9. The Hall–Kier alpha value is -4.85. The Morgan fingerprint density at radius 1 is 0.909 bits per heavy atom. The number of amides is 2. The van der Waals surface area contributed by atoms with Crippen molar-refractivity contribution in [3.63, 3.8) is 0 Å². The highest BCUT2D eigenvalue weighted by molar-refractivity contribution is 6.15. The van der Waals surface area contributed by atoms with Gasteiger partial charge in [0.15, 0.2) is 0 Å². The standard InChI is InChI=1S/C36H38N4O4/c1-6-39-29-15-11-10-14-27(29)28-20-24(17-18-30(28)39)37-34(41)31-21-25(38-44-36(3,4)5)22-40(31)35(42)33-26-13-9-8-12-23(26)16-19-32(33)43-7-2/h8-20,31H,6-7,21-22H2,1-5H3,(H,37,41)/t31-/m0/s1. The number of para-hydroxylation sites is 1. The summed E-state index contributed by atoms with van der Waals surface area (Å²) in [7, 11) is 0.